The maximum absolute atomic E-state index is 6.72. The normalized spacial score (nSPS) is 14.7. The quantitative estimate of drug-likeness (QED) is 0.177. The Morgan fingerprint density at radius 1 is 0.318 bits per heavy atom. The zero-order valence-electron chi connectivity index (χ0n) is 35.5. The predicted octanol–water partition coefficient (Wildman–Crippen LogP) is 16.4. The van der Waals surface area contributed by atoms with Crippen LogP contribution in [0.1, 0.15) is 44.5 Å². The second kappa shape index (κ2) is 13.3. The minimum atomic E-state index is -0.604. The molecule has 2 aliphatic heterocycles. The van der Waals surface area contributed by atoms with Crippen LogP contribution >= 0.6 is 11.8 Å². The van der Waals surface area contributed by atoms with Gasteiger partial charge < -0.3 is 14.1 Å². The van der Waals surface area contributed by atoms with Gasteiger partial charge in [0.2, 0.25) is 0 Å². The summed E-state index contributed by atoms with van der Waals surface area (Å²) in [6.45, 7) is 0. The van der Waals surface area contributed by atoms with Crippen molar-refractivity contribution in [3.63, 3.8) is 0 Å². The van der Waals surface area contributed by atoms with Crippen LogP contribution in [0.2, 0.25) is 0 Å². The van der Waals surface area contributed by atoms with Crippen molar-refractivity contribution in [3.8, 4) is 33.8 Å². The van der Waals surface area contributed by atoms with Crippen molar-refractivity contribution in [2.75, 3.05) is 4.90 Å². The van der Waals surface area contributed by atoms with Gasteiger partial charge in [0.25, 0.3) is 0 Å². The second-order valence-electron chi connectivity index (χ2n) is 17.9. The Bertz CT molecular complexity index is 3790. The van der Waals surface area contributed by atoms with Gasteiger partial charge in [-0.1, -0.05) is 163 Å². The van der Waals surface area contributed by atoms with Crippen molar-refractivity contribution in [1.82, 2.24) is 0 Å². The predicted molar refractivity (Wildman–Crippen MR) is 267 cm³/mol. The third-order valence-electron chi connectivity index (χ3n) is 14.8. The van der Waals surface area contributed by atoms with E-state index in [9.17, 15) is 0 Å². The van der Waals surface area contributed by atoms with Crippen LogP contribution in [0.25, 0.3) is 44.2 Å². The minimum absolute atomic E-state index is 0.460. The Kier molecular flexibility index (Phi) is 7.29. The van der Waals surface area contributed by atoms with Gasteiger partial charge in [0.15, 0.2) is 0 Å². The molecule has 2 spiro atoms. The van der Waals surface area contributed by atoms with Gasteiger partial charge in [-0.05, 0) is 128 Å². The summed E-state index contributed by atoms with van der Waals surface area (Å²) in [6, 6.07) is 82.6. The van der Waals surface area contributed by atoms with Crippen molar-refractivity contribution in [3.05, 3.63) is 269 Å². The average Bonchev–Trinajstić information content (AvgIpc) is 3.99. The van der Waals surface area contributed by atoms with E-state index in [2.05, 4.69) is 223 Å². The molecule has 1 aromatic heterocycles. The minimum Gasteiger partial charge on any atom is -0.457 e. The van der Waals surface area contributed by atoms with Crippen LogP contribution in [0.4, 0.5) is 17.1 Å². The Morgan fingerprint density at radius 3 is 1.50 bits per heavy atom. The van der Waals surface area contributed by atoms with Crippen molar-refractivity contribution in [1.29, 1.82) is 0 Å². The molecule has 0 radical (unpaired) electrons. The molecule has 2 aliphatic carbocycles. The summed E-state index contributed by atoms with van der Waals surface area (Å²) in [5.41, 5.74) is 19.0. The van der Waals surface area contributed by atoms with Crippen molar-refractivity contribution >= 4 is 50.8 Å². The zero-order valence-corrected chi connectivity index (χ0v) is 36.4. The highest BCUT2D eigenvalue weighted by atomic mass is 32.2. The second-order valence-corrected chi connectivity index (χ2v) is 18.9. The fourth-order valence-electron chi connectivity index (χ4n) is 12.3. The summed E-state index contributed by atoms with van der Waals surface area (Å²) in [7, 11) is 0. The zero-order chi connectivity index (χ0) is 43.1. The lowest BCUT2D eigenvalue weighted by Gasteiger charge is -2.40. The fourth-order valence-corrected chi connectivity index (χ4v) is 13.5. The van der Waals surface area contributed by atoms with Gasteiger partial charge in [-0.15, -0.1) is 0 Å². The molecule has 0 unspecified atom stereocenters. The Labute approximate surface area is 386 Å². The summed E-state index contributed by atoms with van der Waals surface area (Å²) >= 11 is 1.88. The van der Waals surface area contributed by atoms with Crippen molar-refractivity contribution < 1.29 is 9.15 Å². The van der Waals surface area contributed by atoms with Gasteiger partial charge in [0.05, 0.1) is 10.8 Å². The van der Waals surface area contributed by atoms with Gasteiger partial charge in [0, 0.05) is 48.8 Å². The number of furan rings is 1. The summed E-state index contributed by atoms with van der Waals surface area (Å²) in [4.78, 5) is 5.06. The third kappa shape index (κ3) is 4.59. The molecule has 3 heterocycles. The highest BCUT2D eigenvalue weighted by Crippen LogP contribution is 2.65. The molecule has 0 N–H and O–H groups in total. The summed E-state index contributed by atoms with van der Waals surface area (Å²) < 4.78 is 13.1. The van der Waals surface area contributed by atoms with E-state index in [0.29, 0.717) is 0 Å². The van der Waals surface area contributed by atoms with Crippen molar-refractivity contribution in [2.45, 2.75) is 20.6 Å². The first-order valence-corrected chi connectivity index (χ1v) is 23.5. The number of nitrogens with zero attached hydrogens (tertiary/aromatic N) is 1. The molecule has 4 aliphatic rings. The van der Waals surface area contributed by atoms with Crippen LogP contribution in [0.15, 0.2) is 239 Å². The molecule has 0 amide bonds. The van der Waals surface area contributed by atoms with E-state index in [1.165, 1.54) is 65.4 Å². The molecule has 66 heavy (non-hydrogen) atoms. The first-order chi connectivity index (χ1) is 32.7. The summed E-state index contributed by atoms with van der Waals surface area (Å²) in [5.74, 6) is 1.77. The molecule has 0 bridgehead atoms. The van der Waals surface area contributed by atoms with E-state index in [-0.39, 0.29) is 0 Å². The molecule has 0 atom stereocenters. The van der Waals surface area contributed by atoms with Gasteiger partial charge in [-0.2, -0.15) is 0 Å². The molecule has 11 aromatic rings. The van der Waals surface area contributed by atoms with E-state index >= 15 is 0 Å². The molecule has 3 nitrogen and oxygen atoms in total. The van der Waals surface area contributed by atoms with Crippen LogP contribution in [0.3, 0.4) is 0 Å². The number of anilines is 3. The lowest BCUT2D eigenvalue weighted by molar-refractivity contribution is 0.436. The molecular weight excluding hydrogens is 823 g/mol. The van der Waals surface area contributed by atoms with Crippen LogP contribution in [-0.4, -0.2) is 0 Å². The Hall–Kier alpha value is -8.05. The van der Waals surface area contributed by atoms with Crippen LogP contribution in [0.5, 0.6) is 11.5 Å². The Balaban J connectivity index is 1.01. The first-order valence-electron chi connectivity index (χ1n) is 22.7. The molecule has 15 rings (SSSR count). The van der Waals surface area contributed by atoms with Gasteiger partial charge in [-0.3, -0.25) is 0 Å². The molecular formula is C62H37NO2S. The highest BCUT2D eigenvalue weighted by Gasteiger charge is 2.52. The molecule has 308 valence electrons. The first kappa shape index (κ1) is 36.3. The molecule has 4 heteroatoms. The SMILES string of the molecule is c1ccc2c(c1)Oc1ccccc1C21c2ccccc2-c2ccc(N(c3ccc4c(c3)-c3ccccc3C43c4ccccc4Sc4ccccc43)c3ccc4oc5ccccc5c4c3)cc21. The van der Waals surface area contributed by atoms with E-state index in [0.717, 1.165) is 61.6 Å². The lowest BCUT2D eigenvalue weighted by atomic mass is 9.66. The largest absolute Gasteiger partial charge is 0.457 e. The van der Waals surface area contributed by atoms with E-state index in [1.54, 1.807) is 0 Å². The van der Waals surface area contributed by atoms with Crippen molar-refractivity contribution in [2.24, 2.45) is 0 Å². The number of hydrogen-bond acceptors (Lipinski definition) is 4. The summed E-state index contributed by atoms with van der Waals surface area (Å²) in [6.07, 6.45) is 0. The fraction of sp³-hybridized carbons (Fsp3) is 0.0323. The third-order valence-corrected chi connectivity index (χ3v) is 15.9. The maximum Gasteiger partial charge on any atom is 0.135 e. The molecule has 10 aromatic carbocycles. The summed E-state index contributed by atoms with van der Waals surface area (Å²) in [5, 5.41) is 2.19. The standard InChI is InChI=1S/C62H37NO2S/c1-4-18-47-41(15-1)43-32-29-40(37-54(43)62(47)50-20-6-11-25-57(50)65-58-26-12-7-21-51(58)62)63(39-31-34-56-46(36-39)44-17-3-10-24-55(44)64-56)38-30-33-49-45(35-38)42-16-2-5-19-48(42)61(49)52-22-8-13-27-59(52)66-60-28-14-9-23-53(60)61/h1-37H. The average molecular weight is 860 g/mol. The van der Waals surface area contributed by atoms with Crippen LogP contribution < -0.4 is 9.64 Å². The van der Waals surface area contributed by atoms with Gasteiger partial charge in [0.1, 0.15) is 22.7 Å². The van der Waals surface area contributed by atoms with E-state index in [1.807, 2.05) is 17.8 Å². The molecule has 0 fully saturated rings. The molecule has 0 saturated carbocycles. The number of fused-ring (bicyclic) bond motifs is 21. The monoisotopic (exact) mass is 859 g/mol. The number of ether oxygens (including phenoxy) is 1. The molecule has 0 saturated heterocycles. The number of para-hydroxylation sites is 3. The van der Waals surface area contributed by atoms with E-state index < -0.39 is 10.8 Å². The topological polar surface area (TPSA) is 25.6 Å². The number of hydrogen-bond donors (Lipinski definition) is 0. The van der Waals surface area contributed by atoms with E-state index in [4.69, 9.17) is 9.15 Å². The smallest absolute Gasteiger partial charge is 0.135 e. The highest BCUT2D eigenvalue weighted by molar-refractivity contribution is 7.99. The van der Waals surface area contributed by atoms with Crippen LogP contribution in [-0.2, 0) is 10.8 Å². The lowest BCUT2D eigenvalue weighted by Crippen LogP contribution is -2.32. The number of benzene rings is 10. The Morgan fingerprint density at radius 2 is 0.788 bits per heavy atom. The van der Waals surface area contributed by atoms with Gasteiger partial charge in [-0.25, -0.2) is 0 Å². The van der Waals surface area contributed by atoms with Gasteiger partial charge >= 0.3 is 0 Å². The van der Waals surface area contributed by atoms with Crippen LogP contribution in [0, 0.1) is 0 Å². The maximum atomic E-state index is 6.72. The number of rotatable bonds is 3.